The molecule has 1 heterocycles. The number of ether oxygens (including phenoxy) is 1. The van der Waals surface area contributed by atoms with E-state index in [0.29, 0.717) is 11.3 Å². The van der Waals surface area contributed by atoms with Gasteiger partial charge in [0.1, 0.15) is 23.4 Å². The molecule has 0 aliphatic carbocycles. The summed E-state index contributed by atoms with van der Waals surface area (Å²) in [5.41, 5.74) is 1.10. The van der Waals surface area contributed by atoms with Crippen LogP contribution in [0.2, 0.25) is 5.02 Å². The zero-order valence-electron chi connectivity index (χ0n) is 10.3. The van der Waals surface area contributed by atoms with Gasteiger partial charge in [0.2, 0.25) is 0 Å². The van der Waals surface area contributed by atoms with Gasteiger partial charge in [-0.3, -0.25) is 4.79 Å². The number of fused-ring (bicyclic) bond motifs is 1. The molecule has 3 rings (SSSR count). The number of rotatable bonds is 1. The van der Waals surface area contributed by atoms with Crippen molar-refractivity contribution in [2.45, 2.75) is 12.5 Å². The van der Waals surface area contributed by atoms with E-state index in [4.69, 9.17) is 16.3 Å². The minimum absolute atomic E-state index is 0.0112. The van der Waals surface area contributed by atoms with Gasteiger partial charge >= 0.3 is 0 Å². The summed E-state index contributed by atoms with van der Waals surface area (Å²) in [4.78, 5) is 12.1. The minimum atomic E-state index is -0.447. The van der Waals surface area contributed by atoms with E-state index in [9.17, 15) is 15.0 Å². The van der Waals surface area contributed by atoms with Crippen LogP contribution in [0, 0.1) is 0 Å². The topological polar surface area (TPSA) is 66.8 Å². The van der Waals surface area contributed by atoms with Crippen molar-refractivity contribution in [2.75, 3.05) is 0 Å². The lowest BCUT2D eigenvalue weighted by Gasteiger charge is -2.25. The summed E-state index contributed by atoms with van der Waals surface area (Å²) >= 11 is 5.87. The van der Waals surface area contributed by atoms with Gasteiger partial charge in [0.25, 0.3) is 0 Å². The van der Waals surface area contributed by atoms with Gasteiger partial charge in [-0.05, 0) is 35.9 Å². The normalized spacial score (nSPS) is 17.4. The summed E-state index contributed by atoms with van der Waals surface area (Å²) in [5.74, 6) is 0.360. The van der Waals surface area contributed by atoms with Crippen LogP contribution in [0.15, 0.2) is 36.4 Å². The van der Waals surface area contributed by atoms with E-state index >= 15 is 0 Å². The fraction of sp³-hybridized carbons (Fsp3) is 0.133. The average molecular weight is 291 g/mol. The number of hydrogen-bond acceptors (Lipinski definition) is 4. The number of carbonyl (C=O) groups is 1. The molecule has 5 heteroatoms. The highest BCUT2D eigenvalue weighted by molar-refractivity contribution is 6.32. The predicted octanol–water partition coefficient (Wildman–Crippen LogP) is 3.46. The number of halogens is 1. The monoisotopic (exact) mass is 290 g/mol. The van der Waals surface area contributed by atoms with Gasteiger partial charge in [0.15, 0.2) is 5.78 Å². The van der Waals surface area contributed by atoms with Crippen LogP contribution in [0.3, 0.4) is 0 Å². The number of aromatic hydroxyl groups is 2. The molecule has 0 fully saturated rings. The summed E-state index contributed by atoms with van der Waals surface area (Å²) in [6, 6.07) is 9.16. The third-order valence-corrected chi connectivity index (χ3v) is 3.55. The molecule has 2 aromatic carbocycles. The van der Waals surface area contributed by atoms with Crippen molar-refractivity contribution in [1.82, 2.24) is 0 Å². The second-order valence-electron chi connectivity index (χ2n) is 4.63. The van der Waals surface area contributed by atoms with Crippen molar-refractivity contribution in [3.8, 4) is 17.2 Å². The standard InChI is InChI=1S/C15H11ClO4/c16-11-5-8(1-3-12(11)18)15-7-13(19)10-6-9(17)2-4-14(10)20-15/h1-6,15,17-18H,7H2. The number of benzene rings is 2. The van der Waals surface area contributed by atoms with Crippen molar-refractivity contribution in [1.29, 1.82) is 0 Å². The highest BCUT2D eigenvalue weighted by Crippen LogP contribution is 2.38. The van der Waals surface area contributed by atoms with Gasteiger partial charge in [-0.15, -0.1) is 0 Å². The van der Waals surface area contributed by atoms with Crippen molar-refractivity contribution >= 4 is 17.4 Å². The number of carbonyl (C=O) groups excluding carboxylic acids is 1. The molecule has 0 aromatic heterocycles. The molecule has 4 nitrogen and oxygen atoms in total. The molecule has 20 heavy (non-hydrogen) atoms. The minimum Gasteiger partial charge on any atom is -0.508 e. The first-order valence-electron chi connectivity index (χ1n) is 6.06. The van der Waals surface area contributed by atoms with Crippen LogP contribution in [-0.2, 0) is 0 Å². The van der Waals surface area contributed by atoms with Crippen molar-refractivity contribution in [3.63, 3.8) is 0 Å². The first kappa shape index (κ1) is 12.8. The van der Waals surface area contributed by atoms with Gasteiger partial charge < -0.3 is 14.9 Å². The largest absolute Gasteiger partial charge is 0.508 e. The van der Waals surface area contributed by atoms with E-state index in [-0.39, 0.29) is 28.7 Å². The van der Waals surface area contributed by atoms with Gasteiger partial charge in [-0.1, -0.05) is 17.7 Å². The summed E-state index contributed by atoms with van der Waals surface area (Å²) in [6.07, 6.45) is -0.282. The number of Topliss-reactive ketones (excluding diaryl/α,β-unsaturated/α-hetero) is 1. The number of phenolic OH excluding ortho intramolecular Hbond substituents is 2. The summed E-state index contributed by atoms with van der Waals surface area (Å²) in [5, 5.41) is 19.0. The molecule has 1 aliphatic rings. The van der Waals surface area contributed by atoms with Crippen LogP contribution in [-0.4, -0.2) is 16.0 Å². The molecule has 1 atom stereocenters. The lowest BCUT2D eigenvalue weighted by molar-refractivity contribution is 0.0849. The maximum Gasteiger partial charge on any atom is 0.170 e. The van der Waals surface area contributed by atoms with E-state index in [1.54, 1.807) is 18.2 Å². The zero-order chi connectivity index (χ0) is 14.3. The smallest absolute Gasteiger partial charge is 0.170 e. The van der Waals surface area contributed by atoms with Crippen LogP contribution in [0.4, 0.5) is 0 Å². The molecule has 0 bridgehead atoms. The van der Waals surface area contributed by atoms with E-state index < -0.39 is 6.10 Å². The van der Waals surface area contributed by atoms with E-state index in [1.165, 1.54) is 18.2 Å². The predicted molar refractivity (Wildman–Crippen MR) is 73.5 cm³/mol. The third-order valence-electron chi connectivity index (χ3n) is 3.25. The highest BCUT2D eigenvalue weighted by Gasteiger charge is 2.28. The van der Waals surface area contributed by atoms with Crippen LogP contribution >= 0.6 is 11.6 Å². The quantitative estimate of drug-likeness (QED) is 0.844. The molecule has 2 N–H and O–H groups in total. The number of ketones is 1. The van der Waals surface area contributed by atoms with Crippen LogP contribution in [0.1, 0.15) is 28.4 Å². The Hall–Kier alpha value is -2.20. The Labute approximate surface area is 120 Å². The van der Waals surface area contributed by atoms with Gasteiger partial charge in [0.05, 0.1) is 17.0 Å². The van der Waals surface area contributed by atoms with Gasteiger partial charge in [-0.2, -0.15) is 0 Å². The SMILES string of the molecule is O=C1CC(c2ccc(O)c(Cl)c2)Oc2ccc(O)cc21. The average Bonchev–Trinajstić information content (AvgIpc) is 2.42. The fourth-order valence-corrected chi connectivity index (χ4v) is 2.41. The molecule has 2 aromatic rings. The first-order chi connectivity index (χ1) is 9.54. The maximum absolute atomic E-state index is 12.1. The van der Waals surface area contributed by atoms with Crippen molar-refractivity contribution in [3.05, 3.63) is 52.5 Å². The Morgan fingerprint density at radius 2 is 1.95 bits per heavy atom. The lowest BCUT2D eigenvalue weighted by atomic mass is 9.96. The van der Waals surface area contributed by atoms with Gasteiger partial charge in [0, 0.05) is 0 Å². The van der Waals surface area contributed by atoms with Crippen molar-refractivity contribution < 1.29 is 19.7 Å². The Morgan fingerprint density at radius 1 is 1.15 bits per heavy atom. The second-order valence-corrected chi connectivity index (χ2v) is 5.03. The second kappa shape index (κ2) is 4.72. The molecule has 1 aliphatic heterocycles. The molecule has 0 amide bonds. The molecule has 0 saturated carbocycles. The third kappa shape index (κ3) is 2.18. The maximum atomic E-state index is 12.1. The number of hydrogen-bond donors (Lipinski definition) is 2. The fourth-order valence-electron chi connectivity index (χ4n) is 2.22. The first-order valence-corrected chi connectivity index (χ1v) is 6.43. The molecular formula is C15H11ClO4. The number of phenols is 2. The molecule has 0 saturated heterocycles. The molecule has 0 spiro atoms. The Balaban J connectivity index is 1.97. The lowest BCUT2D eigenvalue weighted by Crippen LogP contribution is -2.20. The van der Waals surface area contributed by atoms with Crippen LogP contribution < -0.4 is 4.74 Å². The van der Waals surface area contributed by atoms with E-state index in [0.717, 1.165) is 5.56 Å². The van der Waals surface area contributed by atoms with E-state index in [2.05, 4.69) is 0 Å². The van der Waals surface area contributed by atoms with Gasteiger partial charge in [-0.25, -0.2) is 0 Å². The Morgan fingerprint density at radius 3 is 2.70 bits per heavy atom. The Bertz CT molecular complexity index is 696. The molecule has 0 radical (unpaired) electrons. The van der Waals surface area contributed by atoms with Crippen LogP contribution in [0.25, 0.3) is 0 Å². The molecule has 102 valence electrons. The van der Waals surface area contributed by atoms with Crippen LogP contribution in [0.5, 0.6) is 17.2 Å². The van der Waals surface area contributed by atoms with E-state index in [1.807, 2.05) is 0 Å². The summed E-state index contributed by atoms with van der Waals surface area (Å²) < 4.78 is 5.77. The summed E-state index contributed by atoms with van der Waals surface area (Å²) in [7, 11) is 0. The highest BCUT2D eigenvalue weighted by atomic mass is 35.5. The Kier molecular flexibility index (Phi) is 3.03. The summed E-state index contributed by atoms with van der Waals surface area (Å²) in [6.45, 7) is 0. The zero-order valence-corrected chi connectivity index (χ0v) is 11.1. The molecule has 1 unspecified atom stereocenters. The molecular weight excluding hydrogens is 280 g/mol. The van der Waals surface area contributed by atoms with Crippen molar-refractivity contribution in [2.24, 2.45) is 0 Å².